The van der Waals surface area contributed by atoms with Crippen molar-refractivity contribution in [2.45, 2.75) is 0 Å². The van der Waals surface area contributed by atoms with E-state index >= 15 is 0 Å². The van der Waals surface area contributed by atoms with E-state index in [1.807, 2.05) is 0 Å². The van der Waals surface area contributed by atoms with Gasteiger partial charge in [0, 0.05) is 10.0 Å². The smallest absolute Gasteiger partial charge is 0.170 e. The van der Waals surface area contributed by atoms with E-state index in [4.69, 9.17) is 23.2 Å². The van der Waals surface area contributed by atoms with E-state index in [9.17, 15) is 9.18 Å². The van der Waals surface area contributed by atoms with Gasteiger partial charge >= 0.3 is 0 Å². The van der Waals surface area contributed by atoms with Crippen LogP contribution in [0.2, 0.25) is 5.02 Å². The van der Waals surface area contributed by atoms with Crippen molar-refractivity contribution in [2.24, 2.45) is 0 Å². The maximum Gasteiger partial charge on any atom is 0.170 e. The van der Waals surface area contributed by atoms with Crippen LogP contribution in [0.3, 0.4) is 0 Å². The normalized spacial score (nSPS) is 10.9. The Hall–Kier alpha value is -0.380. The van der Waals surface area contributed by atoms with Gasteiger partial charge in [-0.1, -0.05) is 11.6 Å². The molecule has 15 heavy (non-hydrogen) atoms. The Labute approximate surface area is 105 Å². The lowest BCUT2D eigenvalue weighted by Crippen LogP contribution is -1.92. The molecule has 0 atom stereocenters. The summed E-state index contributed by atoms with van der Waals surface area (Å²) in [5.41, 5.74) is 0.252. The van der Waals surface area contributed by atoms with Gasteiger partial charge in [-0.05, 0) is 40.2 Å². The molecule has 0 N–H and O–H groups in total. The Balaban J connectivity index is 3.00. The Bertz CT molecular complexity index is 418. The predicted octanol–water partition coefficient (Wildman–Crippen LogP) is 4.06. The summed E-state index contributed by atoms with van der Waals surface area (Å²) in [6.45, 7) is 0. The van der Waals surface area contributed by atoms with Gasteiger partial charge in [-0.3, -0.25) is 4.79 Å². The van der Waals surface area contributed by atoms with Crippen LogP contribution in [0.25, 0.3) is 6.08 Å². The summed E-state index contributed by atoms with van der Waals surface area (Å²) in [4.78, 5) is 10.9. The second-order valence-corrected chi connectivity index (χ2v) is 4.25. The van der Waals surface area contributed by atoms with Crippen molar-refractivity contribution in [2.75, 3.05) is 5.88 Å². The van der Waals surface area contributed by atoms with Crippen LogP contribution in [-0.2, 0) is 4.79 Å². The van der Waals surface area contributed by atoms with E-state index in [1.165, 1.54) is 24.3 Å². The standard InChI is InChI=1S/C10H6BrCl2FO/c11-8-4-10(14)6(3-9(8)13)1-2-7(15)5-12/h1-4H,5H2/b2-1+. The zero-order valence-electron chi connectivity index (χ0n) is 7.44. The number of hydrogen-bond donors (Lipinski definition) is 0. The van der Waals surface area contributed by atoms with Gasteiger partial charge in [0.1, 0.15) is 5.82 Å². The molecule has 0 aliphatic rings. The van der Waals surface area contributed by atoms with Crippen molar-refractivity contribution in [3.05, 3.63) is 39.1 Å². The molecule has 0 bridgehead atoms. The van der Waals surface area contributed by atoms with Gasteiger partial charge in [0.05, 0.1) is 10.9 Å². The van der Waals surface area contributed by atoms with Crippen LogP contribution in [0.15, 0.2) is 22.7 Å². The summed E-state index contributed by atoms with van der Waals surface area (Å²) < 4.78 is 13.8. The number of benzene rings is 1. The van der Waals surface area contributed by atoms with Crippen molar-refractivity contribution in [3.63, 3.8) is 0 Å². The van der Waals surface area contributed by atoms with Crippen LogP contribution in [0.5, 0.6) is 0 Å². The third kappa shape index (κ3) is 3.59. The van der Waals surface area contributed by atoms with Crippen molar-refractivity contribution < 1.29 is 9.18 Å². The van der Waals surface area contributed by atoms with Crippen LogP contribution in [0.4, 0.5) is 4.39 Å². The highest BCUT2D eigenvalue weighted by atomic mass is 79.9. The average Bonchev–Trinajstić information content (AvgIpc) is 2.21. The van der Waals surface area contributed by atoms with Crippen LogP contribution in [-0.4, -0.2) is 11.7 Å². The van der Waals surface area contributed by atoms with Gasteiger partial charge in [0.25, 0.3) is 0 Å². The van der Waals surface area contributed by atoms with E-state index in [2.05, 4.69) is 15.9 Å². The quantitative estimate of drug-likeness (QED) is 0.467. The second-order valence-electron chi connectivity index (χ2n) is 2.72. The van der Waals surface area contributed by atoms with Crippen LogP contribution < -0.4 is 0 Å². The minimum atomic E-state index is -0.454. The molecule has 1 rings (SSSR count). The van der Waals surface area contributed by atoms with Gasteiger partial charge in [-0.25, -0.2) is 4.39 Å². The third-order valence-electron chi connectivity index (χ3n) is 1.62. The molecule has 0 saturated carbocycles. The molecule has 0 aromatic heterocycles. The topological polar surface area (TPSA) is 17.1 Å². The molecule has 0 spiro atoms. The zero-order valence-corrected chi connectivity index (χ0v) is 10.5. The number of halogens is 4. The van der Waals surface area contributed by atoms with Crippen molar-refractivity contribution >= 4 is 51.0 Å². The lowest BCUT2D eigenvalue weighted by molar-refractivity contribution is -0.112. The highest BCUT2D eigenvalue weighted by Gasteiger charge is 2.04. The molecule has 1 nitrogen and oxygen atoms in total. The number of carbonyl (C=O) groups excluding carboxylic acids is 1. The van der Waals surface area contributed by atoms with Crippen LogP contribution >= 0.6 is 39.1 Å². The predicted molar refractivity (Wildman–Crippen MR) is 63.9 cm³/mol. The molecule has 0 fully saturated rings. The van der Waals surface area contributed by atoms with E-state index in [0.29, 0.717) is 9.50 Å². The average molecular weight is 312 g/mol. The molecule has 0 unspecified atom stereocenters. The number of carbonyl (C=O) groups is 1. The zero-order chi connectivity index (χ0) is 11.4. The van der Waals surface area contributed by atoms with E-state index < -0.39 is 5.82 Å². The Morgan fingerprint density at radius 2 is 2.20 bits per heavy atom. The third-order valence-corrected chi connectivity index (χ3v) is 3.08. The molecule has 5 heteroatoms. The van der Waals surface area contributed by atoms with Gasteiger partial charge in [0.2, 0.25) is 0 Å². The van der Waals surface area contributed by atoms with E-state index in [0.717, 1.165) is 0 Å². The largest absolute Gasteiger partial charge is 0.294 e. The van der Waals surface area contributed by atoms with Gasteiger partial charge in [-0.2, -0.15) is 0 Å². The maximum absolute atomic E-state index is 13.3. The lowest BCUT2D eigenvalue weighted by atomic mass is 10.2. The molecule has 1 aromatic rings. The monoisotopic (exact) mass is 310 g/mol. The van der Waals surface area contributed by atoms with Crippen molar-refractivity contribution in [1.29, 1.82) is 0 Å². The first-order valence-corrected chi connectivity index (χ1v) is 5.66. The first-order chi connectivity index (χ1) is 7.04. The van der Waals surface area contributed by atoms with Gasteiger partial charge in [0.15, 0.2) is 5.78 Å². The number of ketones is 1. The lowest BCUT2D eigenvalue weighted by Gasteiger charge is -2.00. The Morgan fingerprint density at radius 1 is 1.53 bits per heavy atom. The number of alkyl halides is 1. The first kappa shape index (κ1) is 12.7. The molecule has 0 heterocycles. The molecule has 1 aromatic carbocycles. The summed E-state index contributed by atoms with van der Waals surface area (Å²) in [5, 5.41) is 0.384. The summed E-state index contributed by atoms with van der Waals surface area (Å²) >= 11 is 14.2. The molecule has 80 valence electrons. The molecule has 0 saturated heterocycles. The van der Waals surface area contributed by atoms with Crippen LogP contribution in [0.1, 0.15) is 5.56 Å². The molecule has 0 aliphatic carbocycles. The highest BCUT2D eigenvalue weighted by molar-refractivity contribution is 9.10. The van der Waals surface area contributed by atoms with E-state index in [1.54, 1.807) is 0 Å². The Kier molecular flexibility index (Phi) is 4.77. The number of rotatable bonds is 3. The summed E-state index contributed by atoms with van der Waals surface area (Å²) in [7, 11) is 0. The number of allylic oxidation sites excluding steroid dienone is 1. The SMILES string of the molecule is O=C(/C=C/c1cc(Cl)c(Br)cc1F)CCl. The molecular formula is C10H6BrCl2FO. The summed E-state index contributed by atoms with van der Waals surface area (Å²) in [6, 6.07) is 2.67. The first-order valence-electron chi connectivity index (χ1n) is 3.96. The Morgan fingerprint density at radius 3 is 2.80 bits per heavy atom. The second kappa shape index (κ2) is 5.64. The molecule has 0 aliphatic heterocycles. The number of hydrogen-bond acceptors (Lipinski definition) is 1. The highest BCUT2D eigenvalue weighted by Crippen LogP contribution is 2.26. The van der Waals surface area contributed by atoms with Gasteiger partial charge < -0.3 is 0 Å². The van der Waals surface area contributed by atoms with Crippen molar-refractivity contribution in [3.8, 4) is 0 Å². The van der Waals surface area contributed by atoms with Gasteiger partial charge in [-0.15, -0.1) is 11.6 Å². The summed E-state index contributed by atoms with van der Waals surface area (Å²) in [6.07, 6.45) is 2.56. The van der Waals surface area contributed by atoms with E-state index in [-0.39, 0.29) is 17.2 Å². The fraction of sp³-hybridized carbons (Fsp3) is 0.100. The minimum Gasteiger partial charge on any atom is -0.294 e. The van der Waals surface area contributed by atoms with Crippen molar-refractivity contribution in [1.82, 2.24) is 0 Å². The van der Waals surface area contributed by atoms with Crippen LogP contribution in [0, 0.1) is 5.82 Å². The maximum atomic E-state index is 13.3. The molecule has 0 radical (unpaired) electrons. The minimum absolute atomic E-state index is 0.123. The summed E-state index contributed by atoms with van der Waals surface area (Å²) in [5.74, 6) is -0.859. The molecule has 0 amide bonds. The fourth-order valence-electron chi connectivity index (χ4n) is 0.893. The fourth-order valence-corrected chi connectivity index (χ4v) is 1.47. The molecular weight excluding hydrogens is 306 g/mol.